The van der Waals surface area contributed by atoms with Crippen molar-refractivity contribution >= 4 is 23.4 Å². The molecule has 1 N–H and O–H groups in total. The van der Waals surface area contributed by atoms with E-state index in [4.69, 9.17) is 11.6 Å². The fourth-order valence-electron chi connectivity index (χ4n) is 2.58. The van der Waals surface area contributed by atoms with Crippen molar-refractivity contribution in [1.29, 1.82) is 0 Å². The Balaban J connectivity index is 3.07. The molecular formula is C14H23ClN2O2. The van der Waals surface area contributed by atoms with Crippen LogP contribution in [0.3, 0.4) is 0 Å². The summed E-state index contributed by atoms with van der Waals surface area (Å²) >= 11 is 5.55. The summed E-state index contributed by atoms with van der Waals surface area (Å²) in [5.74, 6) is -0.0431. The fraction of sp³-hybridized carbons (Fsp3) is 0.714. The highest BCUT2D eigenvalue weighted by Gasteiger charge is 2.47. The van der Waals surface area contributed by atoms with Crippen molar-refractivity contribution in [2.45, 2.75) is 58.0 Å². The van der Waals surface area contributed by atoms with E-state index in [1.54, 1.807) is 11.0 Å². The van der Waals surface area contributed by atoms with Gasteiger partial charge >= 0.3 is 0 Å². The number of piperazine rings is 1. The van der Waals surface area contributed by atoms with Crippen molar-refractivity contribution in [2.24, 2.45) is 0 Å². The molecule has 19 heavy (non-hydrogen) atoms. The van der Waals surface area contributed by atoms with Crippen LogP contribution in [0.1, 0.15) is 46.5 Å². The molecule has 0 bridgehead atoms. The molecule has 1 aliphatic heterocycles. The molecule has 1 fully saturated rings. The molecule has 0 aromatic carbocycles. The van der Waals surface area contributed by atoms with Crippen LogP contribution in [-0.2, 0) is 9.59 Å². The second-order valence-corrected chi connectivity index (χ2v) is 5.15. The zero-order valence-corrected chi connectivity index (χ0v) is 12.7. The highest BCUT2D eigenvalue weighted by Crippen LogP contribution is 2.26. The van der Waals surface area contributed by atoms with Crippen LogP contribution >= 0.6 is 11.6 Å². The summed E-state index contributed by atoms with van der Waals surface area (Å²) in [5.41, 5.74) is 0.643. The first-order valence-corrected chi connectivity index (χ1v) is 7.38. The number of hydrogen-bond acceptors (Lipinski definition) is 2. The minimum atomic E-state index is -0.749. The molecule has 0 saturated carbocycles. The second-order valence-electron chi connectivity index (χ2n) is 4.90. The van der Waals surface area contributed by atoms with Gasteiger partial charge in [-0.2, -0.15) is 0 Å². The first-order chi connectivity index (χ1) is 9.06. The third-order valence-corrected chi connectivity index (χ3v) is 4.05. The van der Waals surface area contributed by atoms with Crippen LogP contribution in [0.2, 0.25) is 0 Å². The molecule has 0 spiro atoms. The van der Waals surface area contributed by atoms with Crippen molar-refractivity contribution in [2.75, 3.05) is 6.54 Å². The standard InChI is InChI=1S/C14H23ClN2O2/c1-4-8-11-12(18)16-14(5-2,6-3)13(19)17(11)10-7-9-15/h7,9,11H,4-6,8,10H2,1-3H3,(H,16,18)/b9-7+. The normalized spacial score (nSPS) is 22.9. The van der Waals surface area contributed by atoms with Gasteiger partial charge in [-0.3, -0.25) is 9.59 Å². The van der Waals surface area contributed by atoms with E-state index in [0.29, 0.717) is 25.8 Å². The molecular weight excluding hydrogens is 264 g/mol. The SMILES string of the molecule is CCCC1C(=O)NC(CC)(CC)C(=O)N1C/C=C/Cl. The molecule has 1 aliphatic rings. The Morgan fingerprint density at radius 1 is 1.32 bits per heavy atom. The number of nitrogens with one attached hydrogen (secondary N) is 1. The number of nitrogens with zero attached hydrogens (tertiary/aromatic N) is 1. The number of hydrogen-bond donors (Lipinski definition) is 1. The largest absolute Gasteiger partial charge is 0.340 e. The van der Waals surface area contributed by atoms with Crippen LogP contribution in [0.4, 0.5) is 0 Å². The monoisotopic (exact) mass is 286 g/mol. The molecule has 5 heteroatoms. The van der Waals surface area contributed by atoms with E-state index in [1.165, 1.54) is 5.54 Å². The molecule has 0 aromatic rings. The lowest BCUT2D eigenvalue weighted by Gasteiger charge is -2.45. The quantitative estimate of drug-likeness (QED) is 0.815. The second kappa shape index (κ2) is 6.94. The molecule has 0 aromatic heterocycles. The average Bonchev–Trinajstić information content (AvgIpc) is 2.42. The van der Waals surface area contributed by atoms with Crippen LogP contribution in [0.5, 0.6) is 0 Å². The third kappa shape index (κ3) is 3.11. The Morgan fingerprint density at radius 2 is 1.95 bits per heavy atom. The highest BCUT2D eigenvalue weighted by molar-refractivity contribution is 6.25. The summed E-state index contributed by atoms with van der Waals surface area (Å²) in [7, 11) is 0. The van der Waals surface area contributed by atoms with Gasteiger partial charge in [0.05, 0.1) is 0 Å². The maximum Gasteiger partial charge on any atom is 0.249 e. The Labute approximate surface area is 120 Å². The molecule has 1 unspecified atom stereocenters. The van der Waals surface area contributed by atoms with E-state index in [-0.39, 0.29) is 17.9 Å². The van der Waals surface area contributed by atoms with E-state index in [1.807, 2.05) is 20.8 Å². The van der Waals surface area contributed by atoms with Gasteiger partial charge in [0.15, 0.2) is 0 Å². The minimum Gasteiger partial charge on any atom is -0.340 e. The van der Waals surface area contributed by atoms with Gasteiger partial charge in [-0.25, -0.2) is 0 Å². The molecule has 108 valence electrons. The lowest BCUT2D eigenvalue weighted by atomic mass is 9.86. The first-order valence-electron chi connectivity index (χ1n) is 6.94. The van der Waals surface area contributed by atoms with E-state index in [2.05, 4.69) is 5.32 Å². The van der Waals surface area contributed by atoms with Crippen LogP contribution < -0.4 is 5.32 Å². The van der Waals surface area contributed by atoms with Crippen molar-refractivity contribution in [1.82, 2.24) is 10.2 Å². The molecule has 1 rings (SSSR count). The Kier molecular flexibility index (Phi) is 5.85. The van der Waals surface area contributed by atoms with Gasteiger partial charge in [0, 0.05) is 12.1 Å². The molecule has 1 saturated heterocycles. The van der Waals surface area contributed by atoms with Crippen LogP contribution in [-0.4, -0.2) is 34.8 Å². The number of carbonyl (C=O) groups excluding carboxylic acids is 2. The molecule has 1 atom stereocenters. The zero-order chi connectivity index (χ0) is 14.5. The van der Waals surface area contributed by atoms with Gasteiger partial charge in [-0.15, -0.1) is 0 Å². The summed E-state index contributed by atoms with van der Waals surface area (Å²) in [5, 5.41) is 2.93. The van der Waals surface area contributed by atoms with Crippen LogP contribution in [0, 0.1) is 0 Å². The third-order valence-electron chi connectivity index (χ3n) is 3.87. The molecule has 0 radical (unpaired) electrons. The minimum absolute atomic E-state index is 0.00492. The van der Waals surface area contributed by atoms with Gasteiger partial charge < -0.3 is 10.2 Å². The Bertz CT molecular complexity index is 364. The van der Waals surface area contributed by atoms with Crippen molar-refractivity contribution in [3.8, 4) is 0 Å². The summed E-state index contributed by atoms with van der Waals surface area (Å²) < 4.78 is 0. The van der Waals surface area contributed by atoms with Gasteiger partial charge in [0.25, 0.3) is 0 Å². The maximum absolute atomic E-state index is 12.7. The highest BCUT2D eigenvalue weighted by atomic mass is 35.5. The van der Waals surface area contributed by atoms with E-state index >= 15 is 0 Å². The zero-order valence-electron chi connectivity index (χ0n) is 11.9. The molecule has 4 nitrogen and oxygen atoms in total. The van der Waals surface area contributed by atoms with E-state index in [9.17, 15) is 9.59 Å². The lowest BCUT2D eigenvalue weighted by Crippen LogP contribution is -2.69. The Morgan fingerprint density at radius 3 is 2.42 bits per heavy atom. The molecule has 0 aliphatic carbocycles. The van der Waals surface area contributed by atoms with Crippen LogP contribution in [0.25, 0.3) is 0 Å². The summed E-state index contributed by atoms with van der Waals surface area (Å²) in [6, 6.07) is -0.378. The first kappa shape index (κ1) is 16.0. The topological polar surface area (TPSA) is 49.4 Å². The predicted octanol–water partition coefficient (Wildman–Crippen LogP) is 2.42. The van der Waals surface area contributed by atoms with Crippen molar-refractivity contribution in [3.05, 3.63) is 11.6 Å². The maximum atomic E-state index is 12.7. The average molecular weight is 287 g/mol. The number of carbonyl (C=O) groups is 2. The van der Waals surface area contributed by atoms with Crippen molar-refractivity contribution in [3.63, 3.8) is 0 Å². The number of amides is 2. The lowest BCUT2D eigenvalue weighted by molar-refractivity contribution is -0.155. The summed E-state index contributed by atoms with van der Waals surface area (Å²) in [4.78, 5) is 26.6. The van der Waals surface area contributed by atoms with Crippen LogP contribution in [0.15, 0.2) is 11.6 Å². The molecule has 1 heterocycles. The van der Waals surface area contributed by atoms with Gasteiger partial charge in [0.2, 0.25) is 11.8 Å². The summed E-state index contributed by atoms with van der Waals surface area (Å²) in [6.45, 7) is 6.26. The van der Waals surface area contributed by atoms with Gasteiger partial charge in [-0.1, -0.05) is 44.9 Å². The fourth-order valence-corrected chi connectivity index (χ4v) is 2.66. The molecule has 2 amide bonds. The van der Waals surface area contributed by atoms with Gasteiger partial charge in [-0.05, 0) is 19.3 Å². The smallest absolute Gasteiger partial charge is 0.249 e. The summed E-state index contributed by atoms with van der Waals surface area (Å²) in [6.07, 6.45) is 4.45. The van der Waals surface area contributed by atoms with E-state index in [0.717, 1.165) is 6.42 Å². The van der Waals surface area contributed by atoms with E-state index < -0.39 is 5.54 Å². The number of rotatable bonds is 6. The van der Waals surface area contributed by atoms with Crippen molar-refractivity contribution < 1.29 is 9.59 Å². The number of halogens is 1. The predicted molar refractivity (Wildman–Crippen MR) is 76.9 cm³/mol. The van der Waals surface area contributed by atoms with Gasteiger partial charge in [0.1, 0.15) is 11.6 Å². The Hall–Kier alpha value is -1.03.